The number of likely N-dealkylation sites (N-methyl/N-ethyl adjacent to an activating group) is 1. The van der Waals surface area contributed by atoms with Gasteiger partial charge >= 0.3 is 0 Å². The Bertz CT molecular complexity index is 1030. The molecule has 0 atom stereocenters. The lowest BCUT2D eigenvalue weighted by atomic mass is 10.3. The van der Waals surface area contributed by atoms with Crippen LogP contribution in [0.4, 0.5) is 5.69 Å². The van der Waals surface area contributed by atoms with Crippen molar-refractivity contribution in [3.8, 4) is 5.75 Å². The molecule has 2 N–H and O–H groups in total. The van der Waals surface area contributed by atoms with Crippen molar-refractivity contribution in [1.29, 1.82) is 0 Å². The van der Waals surface area contributed by atoms with Gasteiger partial charge in [-0.1, -0.05) is 18.2 Å². The number of rotatable bonds is 8. The minimum absolute atomic E-state index is 0.173. The summed E-state index contributed by atoms with van der Waals surface area (Å²) in [5.41, 5.74) is 0.173. The van der Waals surface area contributed by atoms with Gasteiger partial charge in [0.2, 0.25) is 0 Å². The van der Waals surface area contributed by atoms with Gasteiger partial charge in [-0.3, -0.25) is 9.52 Å². The van der Waals surface area contributed by atoms with Crippen molar-refractivity contribution in [3.63, 3.8) is 0 Å². The standard InChI is InChI=1S/C17H20N2O6S2/c1-3-18-17(20)12-25-14-8-6-7-13(11-14)19-27(23,24)16-10-5-4-9-15(16)26(2,21)22/h4-11,19H,3,12H2,1-2H3,(H,18,20). The summed E-state index contributed by atoms with van der Waals surface area (Å²) in [5.74, 6) is -0.0107. The number of carbonyl (C=O) groups excluding carboxylic acids is 1. The maximum Gasteiger partial charge on any atom is 0.263 e. The highest BCUT2D eigenvalue weighted by Crippen LogP contribution is 2.25. The summed E-state index contributed by atoms with van der Waals surface area (Å²) in [6.07, 6.45) is 0.942. The number of benzene rings is 2. The zero-order valence-electron chi connectivity index (χ0n) is 14.8. The van der Waals surface area contributed by atoms with Crippen LogP contribution < -0.4 is 14.8 Å². The second-order valence-electron chi connectivity index (χ2n) is 5.59. The molecule has 2 aromatic rings. The molecule has 10 heteroatoms. The summed E-state index contributed by atoms with van der Waals surface area (Å²) in [6, 6.07) is 11.3. The van der Waals surface area contributed by atoms with Crippen LogP contribution in [0.15, 0.2) is 58.3 Å². The lowest BCUT2D eigenvalue weighted by molar-refractivity contribution is -0.122. The molecule has 8 nitrogen and oxygen atoms in total. The Morgan fingerprint density at radius 2 is 1.67 bits per heavy atom. The quantitative estimate of drug-likeness (QED) is 0.677. The fourth-order valence-electron chi connectivity index (χ4n) is 2.24. The van der Waals surface area contributed by atoms with Crippen LogP contribution in [0.25, 0.3) is 0 Å². The van der Waals surface area contributed by atoms with Crippen LogP contribution in [-0.2, 0) is 24.7 Å². The molecule has 0 aliphatic rings. The summed E-state index contributed by atoms with van der Waals surface area (Å²) in [4.78, 5) is 10.8. The van der Waals surface area contributed by atoms with E-state index in [0.29, 0.717) is 6.54 Å². The van der Waals surface area contributed by atoms with E-state index in [9.17, 15) is 21.6 Å². The number of hydrogen-bond acceptors (Lipinski definition) is 6. The fraction of sp³-hybridized carbons (Fsp3) is 0.235. The maximum absolute atomic E-state index is 12.7. The Labute approximate surface area is 158 Å². The first-order valence-electron chi connectivity index (χ1n) is 7.95. The van der Waals surface area contributed by atoms with Crippen molar-refractivity contribution >= 4 is 31.5 Å². The van der Waals surface area contributed by atoms with Crippen molar-refractivity contribution in [1.82, 2.24) is 5.32 Å². The number of hydrogen-bond donors (Lipinski definition) is 2. The molecule has 2 rings (SSSR count). The second kappa shape index (κ2) is 8.40. The number of carbonyl (C=O) groups is 1. The third kappa shape index (κ3) is 5.69. The number of nitrogens with one attached hydrogen (secondary N) is 2. The molecular weight excluding hydrogens is 392 g/mol. The largest absolute Gasteiger partial charge is 0.484 e. The monoisotopic (exact) mass is 412 g/mol. The first-order chi connectivity index (χ1) is 12.6. The summed E-state index contributed by atoms with van der Waals surface area (Å²) in [7, 11) is -7.88. The third-order valence-corrected chi connectivity index (χ3v) is 6.09. The Balaban J connectivity index is 2.25. The van der Waals surface area contributed by atoms with E-state index < -0.39 is 19.9 Å². The van der Waals surface area contributed by atoms with Gasteiger partial charge in [0, 0.05) is 18.9 Å². The Morgan fingerprint density at radius 1 is 1.00 bits per heavy atom. The van der Waals surface area contributed by atoms with E-state index in [-0.39, 0.29) is 33.7 Å². The predicted molar refractivity (Wildman–Crippen MR) is 101 cm³/mol. The Kier molecular flexibility index (Phi) is 6.45. The first kappa shape index (κ1) is 20.7. The molecule has 0 saturated heterocycles. The molecule has 2 aromatic carbocycles. The molecule has 146 valence electrons. The first-order valence-corrected chi connectivity index (χ1v) is 11.3. The maximum atomic E-state index is 12.7. The molecule has 0 aromatic heterocycles. The fourth-order valence-corrected chi connectivity index (χ4v) is 4.92. The molecule has 0 aliphatic carbocycles. The molecule has 1 amide bonds. The third-order valence-electron chi connectivity index (χ3n) is 3.37. The second-order valence-corrected chi connectivity index (χ2v) is 9.23. The van der Waals surface area contributed by atoms with Gasteiger partial charge in [-0.05, 0) is 31.2 Å². The van der Waals surface area contributed by atoms with Crippen LogP contribution in [-0.4, -0.2) is 42.2 Å². The van der Waals surface area contributed by atoms with Crippen LogP contribution in [0.1, 0.15) is 6.92 Å². The van der Waals surface area contributed by atoms with Gasteiger partial charge in [0.25, 0.3) is 15.9 Å². The summed E-state index contributed by atoms with van der Waals surface area (Å²) in [5, 5.41) is 2.58. The highest BCUT2D eigenvalue weighted by atomic mass is 32.2. The molecule has 0 spiro atoms. The van der Waals surface area contributed by atoms with Crippen molar-refractivity contribution in [2.45, 2.75) is 16.7 Å². The van der Waals surface area contributed by atoms with Crippen LogP contribution in [0.3, 0.4) is 0 Å². The molecule has 0 aliphatic heterocycles. The van der Waals surface area contributed by atoms with E-state index >= 15 is 0 Å². The molecule has 0 heterocycles. The van der Waals surface area contributed by atoms with Crippen LogP contribution in [0, 0.1) is 0 Å². The summed E-state index contributed by atoms with van der Waals surface area (Å²) >= 11 is 0. The molecule has 0 saturated carbocycles. The molecule has 27 heavy (non-hydrogen) atoms. The minimum Gasteiger partial charge on any atom is -0.484 e. The number of sulfone groups is 1. The molecule has 0 unspecified atom stereocenters. The van der Waals surface area contributed by atoms with Gasteiger partial charge in [0.05, 0.1) is 10.6 Å². The molecule has 0 fully saturated rings. The molecular formula is C17H20N2O6S2. The highest BCUT2D eigenvalue weighted by molar-refractivity contribution is 7.95. The van der Waals surface area contributed by atoms with Gasteiger partial charge < -0.3 is 10.1 Å². The van der Waals surface area contributed by atoms with E-state index in [1.165, 1.54) is 36.4 Å². The van der Waals surface area contributed by atoms with E-state index in [4.69, 9.17) is 4.74 Å². The van der Waals surface area contributed by atoms with Gasteiger partial charge in [-0.15, -0.1) is 0 Å². The van der Waals surface area contributed by atoms with E-state index in [2.05, 4.69) is 10.0 Å². The van der Waals surface area contributed by atoms with Crippen LogP contribution >= 0.6 is 0 Å². The summed E-state index contributed by atoms with van der Waals surface area (Å²) in [6.45, 7) is 2.05. The van der Waals surface area contributed by atoms with Gasteiger partial charge in [-0.2, -0.15) is 0 Å². The number of anilines is 1. The Morgan fingerprint density at radius 3 is 2.30 bits per heavy atom. The molecule has 0 bridgehead atoms. The normalized spacial score (nSPS) is 11.6. The van der Waals surface area contributed by atoms with E-state index in [1.54, 1.807) is 19.1 Å². The van der Waals surface area contributed by atoms with Crippen LogP contribution in [0.5, 0.6) is 5.75 Å². The highest BCUT2D eigenvalue weighted by Gasteiger charge is 2.23. The average Bonchev–Trinajstić information content (AvgIpc) is 2.59. The number of ether oxygens (including phenoxy) is 1. The van der Waals surface area contributed by atoms with Crippen LogP contribution in [0.2, 0.25) is 0 Å². The lowest BCUT2D eigenvalue weighted by Crippen LogP contribution is -2.28. The number of amides is 1. The van der Waals surface area contributed by atoms with Crippen molar-refractivity contribution in [3.05, 3.63) is 48.5 Å². The zero-order valence-corrected chi connectivity index (χ0v) is 16.4. The topological polar surface area (TPSA) is 119 Å². The summed E-state index contributed by atoms with van der Waals surface area (Å²) < 4.78 is 56.7. The number of sulfonamides is 1. The van der Waals surface area contributed by atoms with E-state index in [0.717, 1.165) is 6.26 Å². The smallest absolute Gasteiger partial charge is 0.263 e. The van der Waals surface area contributed by atoms with Gasteiger partial charge in [-0.25, -0.2) is 16.8 Å². The van der Waals surface area contributed by atoms with Gasteiger partial charge in [0.15, 0.2) is 16.4 Å². The SMILES string of the molecule is CCNC(=O)COc1cccc(NS(=O)(=O)c2ccccc2S(C)(=O)=O)c1. The van der Waals surface area contributed by atoms with Crippen molar-refractivity contribution in [2.75, 3.05) is 24.1 Å². The van der Waals surface area contributed by atoms with E-state index in [1.807, 2.05) is 0 Å². The predicted octanol–water partition coefficient (Wildman–Crippen LogP) is 1.41. The zero-order chi connectivity index (χ0) is 20.1. The molecule has 0 radical (unpaired) electrons. The average molecular weight is 412 g/mol. The van der Waals surface area contributed by atoms with Crippen molar-refractivity contribution in [2.24, 2.45) is 0 Å². The lowest BCUT2D eigenvalue weighted by Gasteiger charge is -2.12. The minimum atomic E-state index is -4.15. The van der Waals surface area contributed by atoms with Crippen molar-refractivity contribution < 1.29 is 26.4 Å². The Hall–Kier alpha value is -2.59. The van der Waals surface area contributed by atoms with Gasteiger partial charge in [0.1, 0.15) is 10.6 Å².